The average Bonchev–Trinajstić information content (AvgIpc) is 3.23. The van der Waals surface area contributed by atoms with E-state index in [1.807, 2.05) is 0 Å². The standard InChI is InChI=1S/C23H23IO7/c1-23(26,10-24)19-7-13-14(30-19)5-4-11-21(25)20-12-6-16(27-2)17(28-3)8-15(12)29-9-18(20)31-22(11)13/h4-6,8,18-20,26H,7,9-10H2,1-3H3/t18-,19-,20+,23+/m1/s1/i24-4. The van der Waals surface area contributed by atoms with Crippen molar-refractivity contribution in [3.05, 3.63) is 41.0 Å². The van der Waals surface area contributed by atoms with E-state index in [-0.39, 0.29) is 18.5 Å². The fourth-order valence-corrected chi connectivity index (χ4v) is 4.99. The fourth-order valence-electron chi connectivity index (χ4n) is 4.50. The summed E-state index contributed by atoms with van der Waals surface area (Å²) < 4.78 is 29.6. The Kier molecular flexibility index (Phi) is 4.97. The second-order valence-electron chi connectivity index (χ2n) is 8.27. The highest BCUT2D eigenvalue weighted by molar-refractivity contribution is 14.1. The first-order chi connectivity index (χ1) is 14.9. The SMILES string of the molecule is COc1cc2c(cc1OC)[C@@H]1C(=O)c3ccc4c(c3O[C@@H]1CO2)C[C@H]([C@@](C)(O)C[123I])O4. The van der Waals surface area contributed by atoms with Crippen molar-refractivity contribution in [3.63, 3.8) is 0 Å². The van der Waals surface area contributed by atoms with Crippen molar-refractivity contribution >= 4 is 28.4 Å². The van der Waals surface area contributed by atoms with Gasteiger partial charge in [0, 0.05) is 28.0 Å². The van der Waals surface area contributed by atoms with Crippen LogP contribution in [-0.4, -0.2) is 54.0 Å². The lowest BCUT2D eigenvalue weighted by Crippen LogP contribution is -2.44. The third-order valence-corrected chi connectivity index (χ3v) is 7.83. The van der Waals surface area contributed by atoms with Gasteiger partial charge in [0.2, 0.25) is 0 Å². The van der Waals surface area contributed by atoms with E-state index in [0.29, 0.717) is 45.2 Å². The molecule has 0 bridgehead atoms. The van der Waals surface area contributed by atoms with Crippen molar-refractivity contribution in [1.82, 2.24) is 0 Å². The molecule has 31 heavy (non-hydrogen) atoms. The number of alkyl halides is 1. The number of hydrogen-bond acceptors (Lipinski definition) is 7. The van der Waals surface area contributed by atoms with E-state index in [0.717, 1.165) is 11.1 Å². The largest absolute Gasteiger partial charge is 0.493 e. The van der Waals surface area contributed by atoms with Crippen LogP contribution in [0.1, 0.15) is 34.3 Å². The smallest absolute Gasteiger partial charge is 0.178 e. The highest BCUT2D eigenvalue weighted by atomic mass is 123. The molecular formula is C23H23IO7. The van der Waals surface area contributed by atoms with Gasteiger partial charge < -0.3 is 28.8 Å². The summed E-state index contributed by atoms with van der Waals surface area (Å²) in [6.45, 7) is 2.01. The van der Waals surface area contributed by atoms with Crippen molar-refractivity contribution in [2.24, 2.45) is 0 Å². The van der Waals surface area contributed by atoms with Gasteiger partial charge in [-0.05, 0) is 25.1 Å². The van der Waals surface area contributed by atoms with Crippen LogP contribution in [0.15, 0.2) is 24.3 Å². The Hall–Kier alpha value is -2.20. The first-order valence-corrected chi connectivity index (χ1v) is 11.6. The van der Waals surface area contributed by atoms with E-state index >= 15 is 0 Å². The number of Topliss-reactive ketones (excluding diaryl/α,β-unsaturated/α-hetero) is 1. The Labute approximate surface area is 193 Å². The molecule has 1 N–H and O–H groups in total. The predicted molar refractivity (Wildman–Crippen MR) is 121 cm³/mol. The molecule has 2 aromatic rings. The Morgan fingerprint density at radius 2 is 1.90 bits per heavy atom. The van der Waals surface area contributed by atoms with Gasteiger partial charge in [-0.2, -0.15) is 0 Å². The maximum Gasteiger partial charge on any atom is 0.178 e. The first-order valence-electron chi connectivity index (χ1n) is 10.1. The van der Waals surface area contributed by atoms with Crippen molar-refractivity contribution in [1.29, 1.82) is 0 Å². The number of ether oxygens (including phenoxy) is 5. The molecule has 0 saturated heterocycles. The van der Waals surface area contributed by atoms with E-state index in [1.54, 1.807) is 45.4 Å². The molecule has 2 aromatic carbocycles. The molecule has 3 heterocycles. The molecule has 164 valence electrons. The number of ketones is 1. The zero-order valence-corrected chi connectivity index (χ0v) is 19.6. The molecule has 3 aliphatic rings. The Balaban J connectivity index is 1.55. The number of carbonyl (C=O) groups excluding carboxylic acids is 1. The van der Waals surface area contributed by atoms with Gasteiger partial charge in [-0.25, -0.2) is 0 Å². The van der Waals surface area contributed by atoms with Crippen LogP contribution in [0.2, 0.25) is 0 Å². The quantitative estimate of drug-likeness (QED) is 0.476. The monoisotopic (exact) mass is 534 g/mol. The maximum absolute atomic E-state index is 13.6. The van der Waals surface area contributed by atoms with Crippen LogP contribution in [0, 0.1) is 0 Å². The molecule has 5 rings (SSSR count). The summed E-state index contributed by atoms with van der Waals surface area (Å²) in [5.74, 6) is 2.37. The van der Waals surface area contributed by atoms with Crippen LogP contribution in [0.4, 0.5) is 0 Å². The first kappa shape index (κ1) is 20.7. The summed E-state index contributed by atoms with van der Waals surface area (Å²) in [7, 11) is 3.12. The number of fused-ring (bicyclic) bond motifs is 6. The number of methoxy groups -OCH3 is 2. The number of hydrogen-bond donors (Lipinski definition) is 1. The topological polar surface area (TPSA) is 83.5 Å². The average molecular weight is 534 g/mol. The summed E-state index contributed by atoms with van der Waals surface area (Å²) in [5.41, 5.74) is 1.11. The summed E-state index contributed by atoms with van der Waals surface area (Å²) >= 11 is 2.15. The van der Waals surface area contributed by atoms with Gasteiger partial charge >= 0.3 is 0 Å². The maximum atomic E-state index is 13.6. The highest BCUT2D eigenvalue weighted by Crippen LogP contribution is 2.50. The van der Waals surface area contributed by atoms with Crippen LogP contribution in [-0.2, 0) is 6.42 Å². The van der Waals surface area contributed by atoms with Crippen molar-refractivity contribution in [3.8, 4) is 28.7 Å². The molecule has 0 amide bonds. The van der Waals surface area contributed by atoms with Crippen LogP contribution < -0.4 is 23.7 Å². The van der Waals surface area contributed by atoms with Gasteiger partial charge in [0.1, 0.15) is 41.7 Å². The van der Waals surface area contributed by atoms with Crippen LogP contribution in [0.5, 0.6) is 28.7 Å². The van der Waals surface area contributed by atoms with E-state index in [4.69, 9.17) is 23.7 Å². The number of benzene rings is 2. The fraction of sp³-hybridized carbons (Fsp3) is 0.435. The molecule has 0 aliphatic carbocycles. The molecule has 0 fully saturated rings. The van der Waals surface area contributed by atoms with E-state index in [2.05, 4.69) is 22.6 Å². The Bertz CT molecular complexity index is 1060. The van der Waals surface area contributed by atoms with Gasteiger partial charge in [0.15, 0.2) is 17.3 Å². The third-order valence-electron chi connectivity index (χ3n) is 6.28. The van der Waals surface area contributed by atoms with E-state index in [1.165, 1.54) is 0 Å². The highest BCUT2D eigenvalue weighted by Gasteiger charge is 2.47. The van der Waals surface area contributed by atoms with Crippen LogP contribution >= 0.6 is 22.6 Å². The minimum Gasteiger partial charge on any atom is -0.493 e. The zero-order valence-electron chi connectivity index (χ0n) is 17.4. The van der Waals surface area contributed by atoms with Gasteiger partial charge in [0.25, 0.3) is 0 Å². The van der Waals surface area contributed by atoms with Gasteiger partial charge in [-0.1, -0.05) is 22.6 Å². The Morgan fingerprint density at radius 1 is 1.16 bits per heavy atom. The molecule has 4 atom stereocenters. The molecule has 7 nitrogen and oxygen atoms in total. The second-order valence-corrected chi connectivity index (χ2v) is 9.04. The molecular weight excluding hydrogens is 511 g/mol. The second kappa shape index (κ2) is 7.44. The lowest BCUT2D eigenvalue weighted by molar-refractivity contribution is -0.0167. The number of carbonyl (C=O) groups is 1. The normalized spacial score (nSPS) is 24.9. The van der Waals surface area contributed by atoms with Crippen molar-refractivity contribution in [2.45, 2.75) is 37.1 Å². The third kappa shape index (κ3) is 3.14. The predicted octanol–water partition coefficient (Wildman–Crippen LogP) is 3.31. The summed E-state index contributed by atoms with van der Waals surface area (Å²) in [6, 6.07) is 7.10. The number of aliphatic hydroxyl groups is 1. The van der Waals surface area contributed by atoms with Gasteiger partial charge in [0.05, 0.1) is 25.7 Å². The summed E-state index contributed by atoms with van der Waals surface area (Å²) in [5, 5.41) is 10.7. The van der Waals surface area contributed by atoms with Gasteiger partial charge in [-0.15, -0.1) is 0 Å². The van der Waals surface area contributed by atoms with E-state index < -0.39 is 17.6 Å². The molecule has 0 spiro atoms. The van der Waals surface area contributed by atoms with Crippen molar-refractivity contribution in [2.75, 3.05) is 25.3 Å². The van der Waals surface area contributed by atoms with Crippen LogP contribution in [0.3, 0.4) is 0 Å². The molecule has 8 heteroatoms. The summed E-state index contributed by atoms with van der Waals surface area (Å²) in [4.78, 5) is 13.6. The summed E-state index contributed by atoms with van der Waals surface area (Å²) in [6.07, 6.45) is -0.356. The van der Waals surface area contributed by atoms with E-state index in [9.17, 15) is 9.90 Å². The molecule has 0 saturated carbocycles. The Morgan fingerprint density at radius 3 is 2.61 bits per heavy atom. The molecule has 3 aliphatic heterocycles. The van der Waals surface area contributed by atoms with Crippen molar-refractivity contribution < 1.29 is 33.6 Å². The van der Waals surface area contributed by atoms with Gasteiger partial charge in [-0.3, -0.25) is 4.79 Å². The lowest BCUT2D eigenvalue weighted by Gasteiger charge is -2.37. The minimum atomic E-state index is -0.976. The van der Waals surface area contributed by atoms with Crippen LogP contribution in [0.25, 0.3) is 0 Å². The lowest BCUT2D eigenvalue weighted by atomic mass is 9.81. The molecule has 0 aromatic heterocycles. The number of rotatable bonds is 4. The number of halogens is 1. The molecule has 0 radical (unpaired) electrons. The minimum absolute atomic E-state index is 0.0186. The molecule has 0 unspecified atom stereocenters. The zero-order chi connectivity index (χ0) is 21.9.